The Kier molecular flexibility index (Phi) is 2.11. The van der Waals surface area contributed by atoms with Crippen molar-refractivity contribution in [3.63, 3.8) is 0 Å². The molecule has 0 saturated carbocycles. The van der Waals surface area contributed by atoms with Crippen LogP contribution in [0, 0.1) is 6.92 Å². The van der Waals surface area contributed by atoms with Gasteiger partial charge in [-0.2, -0.15) is 5.10 Å². The maximum atomic E-state index is 9.54. The first kappa shape index (κ1) is 9.58. The Labute approximate surface area is 88.0 Å². The van der Waals surface area contributed by atoms with E-state index in [0.717, 1.165) is 16.7 Å². The maximum absolute atomic E-state index is 9.54. The molecule has 0 radical (unpaired) electrons. The number of hydrogen-bond acceptors (Lipinski definition) is 3. The molecule has 4 nitrogen and oxygen atoms in total. The van der Waals surface area contributed by atoms with Gasteiger partial charge in [0, 0.05) is 18.8 Å². The lowest BCUT2D eigenvalue weighted by Crippen LogP contribution is -1.89. The molecule has 15 heavy (non-hydrogen) atoms. The molecule has 0 aliphatic heterocycles. The summed E-state index contributed by atoms with van der Waals surface area (Å²) in [6.45, 7) is 1.96. The zero-order valence-corrected chi connectivity index (χ0v) is 8.73. The number of phenols is 1. The van der Waals surface area contributed by atoms with Gasteiger partial charge < -0.3 is 10.8 Å². The monoisotopic (exact) mass is 203 g/mol. The number of nitrogens with zero attached hydrogens (tertiary/aromatic N) is 2. The number of aryl methyl sites for hydroxylation is 2. The highest BCUT2D eigenvalue weighted by molar-refractivity contribution is 5.72. The molecule has 3 N–H and O–H groups in total. The number of anilines is 1. The minimum Gasteiger partial charge on any atom is -0.506 e. The van der Waals surface area contributed by atoms with E-state index >= 15 is 0 Å². The molecular formula is C11H13N3O. The summed E-state index contributed by atoms with van der Waals surface area (Å²) in [5.41, 5.74) is 8.96. The second-order valence-electron chi connectivity index (χ2n) is 3.63. The molecule has 0 bridgehead atoms. The fourth-order valence-electron chi connectivity index (χ4n) is 1.59. The molecular weight excluding hydrogens is 190 g/mol. The molecule has 0 aliphatic carbocycles. The second-order valence-corrected chi connectivity index (χ2v) is 3.63. The largest absolute Gasteiger partial charge is 0.506 e. The van der Waals surface area contributed by atoms with Crippen LogP contribution in [-0.4, -0.2) is 14.9 Å². The van der Waals surface area contributed by atoms with Crippen LogP contribution in [0.1, 0.15) is 5.56 Å². The van der Waals surface area contributed by atoms with Gasteiger partial charge in [-0.05, 0) is 30.2 Å². The lowest BCUT2D eigenvalue weighted by atomic mass is 10.0. The Hall–Kier alpha value is -1.97. The molecule has 2 aromatic rings. The number of aromatic nitrogens is 2. The number of hydrogen-bond donors (Lipinski definition) is 2. The first-order valence-corrected chi connectivity index (χ1v) is 4.66. The van der Waals surface area contributed by atoms with E-state index in [0.29, 0.717) is 5.69 Å². The topological polar surface area (TPSA) is 64.1 Å². The summed E-state index contributed by atoms with van der Waals surface area (Å²) in [4.78, 5) is 0. The van der Waals surface area contributed by atoms with Crippen molar-refractivity contribution in [2.24, 2.45) is 7.05 Å². The van der Waals surface area contributed by atoms with Crippen LogP contribution in [0.2, 0.25) is 0 Å². The van der Waals surface area contributed by atoms with Crippen LogP contribution in [0.3, 0.4) is 0 Å². The fourth-order valence-corrected chi connectivity index (χ4v) is 1.59. The maximum Gasteiger partial charge on any atom is 0.139 e. The van der Waals surface area contributed by atoms with Gasteiger partial charge in [0.1, 0.15) is 5.75 Å². The molecule has 1 aromatic heterocycles. The van der Waals surface area contributed by atoms with Crippen molar-refractivity contribution < 1.29 is 5.11 Å². The molecule has 0 atom stereocenters. The fraction of sp³-hybridized carbons (Fsp3) is 0.182. The first-order valence-electron chi connectivity index (χ1n) is 4.66. The zero-order chi connectivity index (χ0) is 11.0. The van der Waals surface area contributed by atoms with Crippen LogP contribution >= 0.6 is 0 Å². The van der Waals surface area contributed by atoms with Crippen LogP contribution in [-0.2, 0) is 7.05 Å². The van der Waals surface area contributed by atoms with Gasteiger partial charge in [-0.25, -0.2) is 0 Å². The van der Waals surface area contributed by atoms with E-state index in [2.05, 4.69) is 5.10 Å². The van der Waals surface area contributed by atoms with Gasteiger partial charge in [-0.15, -0.1) is 0 Å². The minimum absolute atomic E-state index is 0.111. The summed E-state index contributed by atoms with van der Waals surface area (Å²) in [7, 11) is 1.86. The van der Waals surface area contributed by atoms with E-state index in [4.69, 9.17) is 5.73 Å². The Morgan fingerprint density at radius 2 is 2.13 bits per heavy atom. The van der Waals surface area contributed by atoms with Crippen LogP contribution in [0.15, 0.2) is 24.5 Å². The highest BCUT2D eigenvalue weighted by Crippen LogP contribution is 2.31. The molecule has 0 aliphatic rings. The van der Waals surface area contributed by atoms with E-state index in [1.165, 1.54) is 0 Å². The molecule has 0 unspecified atom stereocenters. The molecule has 1 aromatic carbocycles. The van der Waals surface area contributed by atoms with Crippen molar-refractivity contribution in [1.82, 2.24) is 9.78 Å². The van der Waals surface area contributed by atoms with Gasteiger partial charge in [0.05, 0.1) is 11.9 Å². The Morgan fingerprint density at radius 3 is 2.73 bits per heavy atom. The lowest BCUT2D eigenvalue weighted by Gasteiger charge is -2.06. The van der Waals surface area contributed by atoms with Crippen LogP contribution in [0.5, 0.6) is 5.75 Å². The third kappa shape index (κ3) is 1.66. The third-order valence-electron chi connectivity index (χ3n) is 2.39. The van der Waals surface area contributed by atoms with Crippen molar-refractivity contribution in [3.05, 3.63) is 30.1 Å². The molecule has 1 heterocycles. The minimum atomic E-state index is 0.111. The summed E-state index contributed by atoms with van der Waals surface area (Å²) in [5, 5.41) is 13.6. The second kappa shape index (κ2) is 3.31. The van der Waals surface area contributed by atoms with E-state index in [1.807, 2.05) is 20.2 Å². The standard InChI is InChI=1S/C11H13N3O/c1-7-3-10(12)11(15)4-9(7)8-5-13-14(2)6-8/h3-6,15H,12H2,1-2H3. The highest BCUT2D eigenvalue weighted by Gasteiger charge is 2.07. The van der Waals surface area contributed by atoms with Crippen molar-refractivity contribution in [1.29, 1.82) is 0 Å². The normalized spacial score (nSPS) is 10.5. The molecule has 0 saturated heterocycles. The quantitative estimate of drug-likeness (QED) is 0.547. The third-order valence-corrected chi connectivity index (χ3v) is 2.39. The number of nitrogens with two attached hydrogens (primary N) is 1. The van der Waals surface area contributed by atoms with E-state index in [9.17, 15) is 5.11 Å². The van der Waals surface area contributed by atoms with Crippen molar-refractivity contribution in [2.45, 2.75) is 6.92 Å². The van der Waals surface area contributed by atoms with Gasteiger partial charge in [-0.1, -0.05) is 0 Å². The van der Waals surface area contributed by atoms with Gasteiger partial charge in [0.15, 0.2) is 0 Å². The molecule has 78 valence electrons. The number of nitrogen functional groups attached to an aromatic ring is 1. The van der Waals surface area contributed by atoms with Gasteiger partial charge in [0.25, 0.3) is 0 Å². The molecule has 0 fully saturated rings. The average Bonchev–Trinajstić information content (AvgIpc) is 2.58. The van der Waals surface area contributed by atoms with E-state index in [1.54, 1.807) is 23.0 Å². The van der Waals surface area contributed by atoms with Crippen molar-refractivity contribution in [3.8, 4) is 16.9 Å². The van der Waals surface area contributed by atoms with Crippen LogP contribution in [0.4, 0.5) is 5.69 Å². The summed E-state index contributed by atoms with van der Waals surface area (Å²) >= 11 is 0. The smallest absolute Gasteiger partial charge is 0.139 e. The molecule has 2 rings (SSSR count). The molecule has 0 amide bonds. The number of phenolic OH excluding ortho intramolecular Hbond substituents is 1. The first-order chi connectivity index (χ1) is 7.08. The van der Waals surface area contributed by atoms with Crippen LogP contribution in [0.25, 0.3) is 11.1 Å². The predicted octanol–water partition coefficient (Wildman–Crippen LogP) is 1.68. The number of aromatic hydroxyl groups is 1. The van der Waals surface area contributed by atoms with Gasteiger partial charge in [-0.3, -0.25) is 4.68 Å². The number of rotatable bonds is 1. The highest BCUT2D eigenvalue weighted by atomic mass is 16.3. The Balaban J connectivity index is 2.58. The summed E-state index contributed by atoms with van der Waals surface area (Å²) in [6.07, 6.45) is 3.66. The Bertz CT molecular complexity index is 503. The predicted molar refractivity (Wildman–Crippen MR) is 59.5 cm³/mol. The molecule has 0 spiro atoms. The van der Waals surface area contributed by atoms with E-state index in [-0.39, 0.29) is 5.75 Å². The summed E-state index contributed by atoms with van der Waals surface area (Å²) in [5.74, 6) is 0.111. The average molecular weight is 203 g/mol. The van der Waals surface area contributed by atoms with Crippen molar-refractivity contribution >= 4 is 5.69 Å². The van der Waals surface area contributed by atoms with Crippen LogP contribution < -0.4 is 5.73 Å². The summed E-state index contributed by atoms with van der Waals surface area (Å²) in [6, 6.07) is 3.43. The van der Waals surface area contributed by atoms with E-state index < -0.39 is 0 Å². The zero-order valence-electron chi connectivity index (χ0n) is 8.73. The van der Waals surface area contributed by atoms with Gasteiger partial charge >= 0.3 is 0 Å². The summed E-state index contributed by atoms with van der Waals surface area (Å²) < 4.78 is 1.72. The number of benzene rings is 1. The van der Waals surface area contributed by atoms with Gasteiger partial charge in [0.2, 0.25) is 0 Å². The SMILES string of the molecule is Cc1cc(N)c(O)cc1-c1cnn(C)c1. The van der Waals surface area contributed by atoms with Crippen molar-refractivity contribution in [2.75, 3.05) is 5.73 Å². The Morgan fingerprint density at radius 1 is 1.40 bits per heavy atom. The molecule has 4 heteroatoms. The lowest BCUT2D eigenvalue weighted by molar-refractivity contribution is 0.478.